The molecule has 0 radical (unpaired) electrons. The van der Waals surface area contributed by atoms with E-state index >= 15 is 0 Å². The van der Waals surface area contributed by atoms with Crippen LogP contribution in [0.5, 0.6) is 17.2 Å². The molecule has 3 aromatic carbocycles. The molecule has 0 bridgehead atoms. The van der Waals surface area contributed by atoms with Gasteiger partial charge in [-0.1, -0.05) is 42.5 Å². The predicted octanol–water partition coefficient (Wildman–Crippen LogP) is 6.33. The molecular formula is C30H32N2O3S. The lowest BCUT2D eigenvalue weighted by molar-refractivity contribution is -0.121. The molecule has 1 aromatic heterocycles. The van der Waals surface area contributed by atoms with Gasteiger partial charge in [0.2, 0.25) is 5.91 Å². The Kier molecular flexibility index (Phi) is 7.54. The van der Waals surface area contributed by atoms with E-state index in [0.29, 0.717) is 12.2 Å². The Balaban J connectivity index is 1.12. The molecule has 1 saturated heterocycles. The van der Waals surface area contributed by atoms with Gasteiger partial charge in [-0.2, -0.15) is 0 Å². The van der Waals surface area contributed by atoms with Crippen LogP contribution in [0.15, 0.2) is 72.8 Å². The van der Waals surface area contributed by atoms with Gasteiger partial charge in [0.05, 0.1) is 13.5 Å². The number of nitrogens with one attached hydrogen (secondary N) is 1. The smallest absolute Gasteiger partial charge is 0.225 e. The normalized spacial score (nSPS) is 14.6. The lowest BCUT2D eigenvalue weighted by Gasteiger charge is -2.32. The molecule has 1 fully saturated rings. The molecule has 1 amide bonds. The largest absolute Gasteiger partial charge is 0.493 e. The van der Waals surface area contributed by atoms with Gasteiger partial charge in [0.1, 0.15) is 5.75 Å². The van der Waals surface area contributed by atoms with Crippen LogP contribution in [0.2, 0.25) is 0 Å². The van der Waals surface area contributed by atoms with Gasteiger partial charge in [0.15, 0.2) is 11.5 Å². The van der Waals surface area contributed by atoms with E-state index in [0.717, 1.165) is 44.0 Å². The maximum Gasteiger partial charge on any atom is 0.225 e. The van der Waals surface area contributed by atoms with Crippen LogP contribution in [-0.2, 0) is 17.8 Å². The summed E-state index contributed by atoms with van der Waals surface area (Å²) < 4.78 is 12.7. The number of para-hydroxylation sites is 2. The average molecular weight is 501 g/mol. The van der Waals surface area contributed by atoms with Crippen LogP contribution in [0.1, 0.15) is 28.8 Å². The predicted molar refractivity (Wildman–Crippen MR) is 146 cm³/mol. The first-order valence-corrected chi connectivity index (χ1v) is 13.3. The van der Waals surface area contributed by atoms with Crippen LogP contribution in [0.3, 0.4) is 0 Å². The summed E-state index contributed by atoms with van der Waals surface area (Å²) in [4.78, 5) is 16.4. The standard InChI is InChI=1S/C30H32N2O3S/c1-21-25-10-3-6-13-28(25)36-29(21)19-30(33)31-23-14-16-32(17-15-23)20-22-8-7-9-24(18-22)35-27-12-5-4-11-26(27)34-2/h3-13,18,23H,14-17,19-20H2,1-2H3,(H,31,33). The molecule has 1 aliphatic heterocycles. The number of methoxy groups -OCH3 is 1. The second kappa shape index (κ2) is 11.1. The molecule has 6 heteroatoms. The number of rotatable bonds is 8. The Morgan fingerprint density at radius 2 is 1.75 bits per heavy atom. The van der Waals surface area contributed by atoms with Gasteiger partial charge in [-0.05, 0) is 66.6 Å². The number of piperidine rings is 1. The molecule has 2 heterocycles. The molecule has 1 N–H and O–H groups in total. The van der Waals surface area contributed by atoms with Crippen LogP contribution >= 0.6 is 11.3 Å². The highest BCUT2D eigenvalue weighted by Crippen LogP contribution is 2.32. The summed E-state index contributed by atoms with van der Waals surface area (Å²) in [6.07, 6.45) is 2.40. The number of nitrogens with zero attached hydrogens (tertiary/aromatic N) is 1. The van der Waals surface area contributed by atoms with Crippen molar-refractivity contribution in [2.45, 2.75) is 38.8 Å². The van der Waals surface area contributed by atoms with Crippen molar-refractivity contribution in [1.82, 2.24) is 10.2 Å². The summed E-state index contributed by atoms with van der Waals surface area (Å²) in [6, 6.07) is 24.5. The zero-order chi connectivity index (χ0) is 24.9. The zero-order valence-electron chi connectivity index (χ0n) is 20.8. The second-order valence-electron chi connectivity index (χ2n) is 9.34. The average Bonchev–Trinajstić information content (AvgIpc) is 3.20. The minimum atomic E-state index is 0.129. The summed E-state index contributed by atoms with van der Waals surface area (Å²) in [5, 5.41) is 4.54. The van der Waals surface area contributed by atoms with Crippen molar-refractivity contribution in [2.75, 3.05) is 20.2 Å². The highest BCUT2D eigenvalue weighted by atomic mass is 32.1. The van der Waals surface area contributed by atoms with E-state index in [1.807, 2.05) is 36.4 Å². The molecule has 0 unspecified atom stereocenters. The first-order chi connectivity index (χ1) is 17.6. The van der Waals surface area contributed by atoms with Gasteiger partial charge < -0.3 is 14.8 Å². The molecule has 0 spiro atoms. The first-order valence-electron chi connectivity index (χ1n) is 12.5. The Labute approximate surface area is 216 Å². The van der Waals surface area contributed by atoms with Crippen molar-refractivity contribution in [3.05, 3.63) is 88.8 Å². The number of carbonyl (C=O) groups is 1. The fraction of sp³-hybridized carbons (Fsp3) is 0.300. The molecule has 1 aliphatic rings. The van der Waals surface area contributed by atoms with Crippen LogP contribution in [0, 0.1) is 6.92 Å². The van der Waals surface area contributed by atoms with Crippen LogP contribution in [0.4, 0.5) is 0 Å². The van der Waals surface area contributed by atoms with E-state index in [-0.39, 0.29) is 11.9 Å². The van der Waals surface area contributed by atoms with Crippen molar-refractivity contribution < 1.29 is 14.3 Å². The van der Waals surface area contributed by atoms with Crippen molar-refractivity contribution in [2.24, 2.45) is 0 Å². The molecule has 0 atom stereocenters. The zero-order valence-corrected chi connectivity index (χ0v) is 21.6. The molecule has 0 aliphatic carbocycles. The summed E-state index contributed by atoms with van der Waals surface area (Å²) in [5.41, 5.74) is 2.45. The first kappa shape index (κ1) is 24.3. The third-order valence-corrected chi connectivity index (χ3v) is 8.09. The summed E-state index contributed by atoms with van der Waals surface area (Å²) in [5.74, 6) is 2.36. The number of hydrogen-bond acceptors (Lipinski definition) is 5. The number of hydrogen-bond donors (Lipinski definition) is 1. The maximum atomic E-state index is 12.8. The minimum Gasteiger partial charge on any atom is -0.493 e. The Morgan fingerprint density at radius 1 is 1.00 bits per heavy atom. The number of benzene rings is 3. The van der Waals surface area contributed by atoms with Gasteiger partial charge in [-0.15, -0.1) is 11.3 Å². The topological polar surface area (TPSA) is 50.8 Å². The van der Waals surface area contributed by atoms with E-state index in [2.05, 4.69) is 53.5 Å². The van der Waals surface area contributed by atoms with Gasteiger partial charge in [-0.3, -0.25) is 9.69 Å². The highest BCUT2D eigenvalue weighted by Gasteiger charge is 2.22. The van der Waals surface area contributed by atoms with Gasteiger partial charge in [-0.25, -0.2) is 0 Å². The molecule has 5 rings (SSSR count). The quantitative estimate of drug-likeness (QED) is 0.307. The number of amides is 1. The monoisotopic (exact) mass is 500 g/mol. The number of ether oxygens (including phenoxy) is 2. The Morgan fingerprint density at radius 3 is 2.53 bits per heavy atom. The van der Waals surface area contributed by atoms with Gasteiger partial charge in [0, 0.05) is 35.3 Å². The molecule has 5 nitrogen and oxygen atoms in total. The number of likely N-dealkylation sites (tertiary alicyclic amines) is 1. The van der Waals surface area contributed by atoms with Crippen LogP contribution in [-0.4, -0.2) is 37.0 Å². The number of carbonyl (C=O) groups excluding carboxylic acids is 1. The second-order valence-corrected chi connectivity index (χ2v) is 10.5. The third-order valence-electron chi connectivity index (χ3n) is 6.82. The fourth-order valence-corrected chi connectivity index (χ4v) is 6.06. The highest BCUT2D eigenvalue weighted by molar-refractivity contribution is 7.19. The van der Waals surface area contributed by atoms with Crippen molar-refractivity contribution >= 4 is 27.3 Å². The fourth-order valence-electron chi connectivity index (χ4n) is 4.85. The van der Waals surface area contributed by atoms with E-state index in [1.165, 1.54) is 26.1 Å². The van der Waals surface area contributed by atoms with E-state index in [1.54, 1.807) is 18.4 Å². The van der Waals surface area contributed by atoms with E-state index in [9.17, 15) is 4.79 Å². The number of thiophene rings is 1. The number of fused-ring (bicyclic) bond motifs is 1. The van der Waals surface area contributed by atoms with E-state index in [4.69, 9.17) is 9.47 Å². The SMILES string of the molecule is COc1ccccc1Oc1cccc(CN2CCC(NC(=O)Cc3sc4ccccc4c3C)CC2)c1. The lowest BCUT2D eigenvalue weighted by atomic mass is 10.0. The summed E-state index contributed by atoms with van der Waals surface area (Å²) >= 11 is 1.73. The van der Waals surface area contributed by atoms with Gasteiger partial charge in [0.25, 0.3) is 0 Å². The molecule has 4 aromatic rings. The molecule has 186 valence electrons. The minimum absolute atomic E-state index is 0.129. The third kappa shape index (κ3) is 5.72. The molecule has 36 heavy (non-hydrogen) atoms. The van der Waals surface area contributed by atoms with Crippen molar-refractivity contribution in [1.29, 1.82) is 0 Å². The van der Waals surface area contributed by atoms with E-state index < -0.39 is 0 Å². The van der Waals surface area contributed by atoms with Crippen molar-refractivity contribution in [3.63, 3.8) is 0 Å². The summed E-state index contributed by atoms with van der Waals surface area (Å²) in [6.45, 7) is 4.91. The van der Waals surface area contributed by atoms with Crippen LogP contribution in [0.25, 0.3) is 10.1 Å². The maximum absolute atomic E-state index is 12.8. The molecular weight excluding hydrogens is 468 g/mol. The number of aryl methyl sites for hydroxylation is 1. The van der Waals surface area contributed by atoms with Gasteiger partial charge >= 0.3 is 0 Å². The summed E-state index contributed by atoms with van der Waals surface area (Å²) in [7, 11) is 1.65. The molecule has 0 saturated carbocycles. The van der Waals surface area contributed by atoms with Crippen molar-refractivity contribution in [3.8, 4) is 17.2 Å². The lowest BCUT2D eigenvalue weighted by Crippen LogP contribution is -2.44. The van der Waals surface area contributed by atoms with Crippen LogP contribution < -0.4 is 14.8 Å². The Hall–Kier alpha value is -3.35. The Bertz CT molecular complexity index is 1340.